The van der Waals surface area contributed by atoms with Crippen LogP contribution < -0.4 is 15.8 Å². The van der Waals surface area contributed by atoms with E-state index in [9.17, 15) is 13.2 Å². The number of hydrogen-bond acceptors (Lipinski definition) is 8. The third kappa shape index (κ3) is 7.55. The minimum Gasteiger partial charge on any atom is -0.461 e. The SMILES string of the molecule is C=C1C[C@H](CN(CCC)Cc2ccccc2)Nc2nc(OCC34CCCN3CCC4)nc3c(F)c(-c4nc(N)cc(C)c4C(F)(F)F)c(F)c1c23.CC. The van der Waals surface area contributed by atoms with Crippen molar-refractivity contribution in [1.82, 2.24) is 24.8 Å². The van der Waals surface area contributed by atoms with E-state index in [1.807, 2.05) is 44.2 Å². The zero-order chi connectivity index (χ0) is 38.1. The van der Waals surface area contributed by atoms with E-state index in [1.165, 1.54) is 6.92 Å². The fourth-order valence-corrected chi connectivity index (χ4v) is 8.35. The molecule has 2 saturated heterocycles. The molecule has 0 bridgehead atoms. The Morgan fingerprint density at radius 2 is 1.74 bits per heavy atom. The highest BCUT2D eigenvalue weighted by molar-refractivity contribution is 6.03. The molecule has 4 aromatic rings. The number of aromatic nitrogens is 3. The average Bonchev–Trinajstić information content (AvgIpc) is 3.65. The van der Waals surface area contributed by atoms with Crippen molar-refractivity contribution < 1.29 is 26.7 Å². The van der Waals surface area contributed by atoms with Gasteiger partial charge in [0.1, 0.15) is 29.6 Å². The summed E-state index contributed by atoms with van der Waals surface area (Å²) in [6, 6.07) is 10.5. The number of pyridine rings is 1. The number of ether oxygens (including phenoxy) is 1. The summed E-state index contributed by atoms with van der Waals surface area (Å²) in [5.74, 6) is -2.71. The van der Waals surface area contributed by atoms with Crippen LogP contribution in [0.25, 0.3) is 27.7 Å². The van der Waals surface area contributed by atoms with Crippen molar-refractivity contribution in [2.24, 2.45) is 0 Å². The van der Waals surface area contributed by atoms with E-state index in [0.29, 0.717) is 13.1 Å². The third-order valence-electron chi connectivity index (χ3n) is 10.5. The Morgan fingerprint density at radius 1 is 1.04 bits per heavy atom. The van der Waals surface area contributed by atoms with Crippen LogP contribution >= 0.6 is 0 Å². The molecular formula is C40H48F5N7O. The first-order valence-corrected chi connectivity index (χ1v) is 18.5. The second-order valence-corrected chi connectivity index (χ2v) is 14.1. The summed E-state index contributed by atoms with van der Waals surface area (Å²) < 4.78 is 83.6. The molecule has 0 spiro atoms. The van der Waals surface area contributed by atoms with Crippen molar-refractivity contribution in [3.8, 4) is 17.3 Å². The van der Waals surface area contributed by atoms with Crippen LogP contribution in [0.15, 0.2) is 43.0 Å². The number of rotatable bonds is 10. The van der Waals surface area contributed by atoms with E-state index < -0.39 is 34.6 Å². The minimum atomic E-state index is -4.98. The lowest BCUT2D eigenvalue weighted by Gasteiger charge is -2.31. The molecule has 5 heterocycles. The molecule has 53 heavy (non-hydrogen) atoms. The van der Waals surface area contributed by atoms with Gasteiger partial charge in [0.25, 0.3) is 0 Å². The normalized spacial score (nSPS) is 18.1. The lowest BCUT2D eigenvalue weighted by atomic mass is 9.91. The Bertz CT molecular complexity index is 1960. The fourth-order valence-electron chi connectivity index (χ4n) is 8.35. The van der Waals surface area contributed by atoms with Gasteiger partial charge in [0.2, 0.25) is 0 Å². The molecule has 3 aliphatic heterocycles. The van der Waals surface area contributed by atoms with Gasteiger partial charge in [0, 0.05) is 24.7 Å². The summed E-state index contributed by atoms with van der Waals surface area (Å²) in [6.07, 6.45) is 0.0492. The second kappa shape index (κ2) is 15.5. The van der Waals surface area contributed by atoms with E-state index >= 15 is 8.78 Å². The number of nitrogen functional groups attached to an aromatic ring is 1. The summed E-state index contributed by atoms with van der Waals surface area (Å²) in [4.78, 5) is 17.6. The molecule has 7 rings (SSSR count). The first-order chi connectivity index (χ1) is 25.4. The Morgan fingerprint density at radius 3 is 2.40 bits per heavy atom. The van der Waals surface area contributed by atoms with Crippen LogP contribution in [-0.4, -0.2) is 69.1 Å². The number of benzene rings is 2. The molecule has 2 fully saturated rings. The highest BCUT2D eigenvalue weighted by Gasteiger charge is 2.45. The largest absolute Gasteiger partial charge is 0.461 e. The molecule has 0 saturated carbocycles. The lowest BCUT2D eigenvalue weighted by molar-refractivity contribution is -0.137. The number of hydrogen-bond donors (Lipinski definition) is 2. The monoisotopic (exact) mass is 737 g/mol. The number of nitrogens with zero attached hydrogens (tertiary/aromatic N) is 5. The maximum absolute atomic E-state index is 16.9. The summed E-state index contributed by atoms with van der Waals surface area (Å²) in [6.45, 7) is 15.6. The molecule has 2 aromatic heterocycles. The number of anilines is 2. The molecule has 3 aliphatic rings. The van der Waals surface area contributed by atoms with Gasteiger partial charge >= 0.3 is 12.2 Å². The number of alkyl halides is 3. The Hall–Kier alpha value is -4.36. The average molecular weight is 738 g/mol. The molecule has 2 aromatic carbocycles. The van der Waals surface area contributed by atoms with Crippen molar-refractivity contribution in [2.45, 2.75) is 90.5 Å². The number of nitrogens with two attached hydrogens (primary N) is 1. The smallest absolute Gasteiger partial charge is 0.418 e. The molecule has 0 radical (unpaired) electrons. The summed E-state index contributed by atoms with van der Waals surface area (Å²) >= 11 is 0. The van der Waals surface area contributed by atoms with E-state index in [1.54, 1.807) is 0 Å². The van der Waals surface area contributed by atoms with Gasteiger partial charge in [-0.05, 0) is 87.8 Å². The molecule has 13 heteroatoms. The van der Waals surface area contributed by atoms with Gasteiger partial charge < -0.3 is 15.8 Å². The maximum Gasteiger partial charge on any atom is 0.418 e. The Labute approximate surface area is 307 Å². The first-order valence-electron chi connectivity index (χ1n) is 18.5. The molecule has 3 N–H and O–H groups in total. The van der Waals surface area contributed by atoms with Gasteiger partial charge in [-0.25, -0.2) is 13.8 Å². The lowest BCUT2D eigenvalue weighted by Crippen LogP contribution is -2.43. The van der Waals surface area contributed by atoms with Crippen molar-refractivity contribution >= 4 is 28.1 Å². The maximum atomic E-state index is 16.9. The van der Waals surface area contributed by atoms with Crippen LogP contribution in [0.1, 0.15) is 81.5 Å². The number of nitrogens with one attached hydrogen (secondary N) is 1. The number of fused-ring (bicyclic) bond motifs is 1. The van der Waals surface area contributed by atoms with Crippen molar-refractivity contribution in [3.05, 3.63) is 76.9 Å². The van der Waals surface area contributed by atoms with Crippen LogP contribution in [0.2, 0.25) is 0 Å². The molecule has 8 nitrogen and oxygen atoms in total. The molecule has 0 amide bonds. The quantitative estimate of drug-likeness (QED) is 0.156. The zero-order valence-corrected chi connectivity index (χ0v) is 30.8. The number of aryl methyl sites for hydroxylation is 1. The standard InChI is InChI=1S/C38H42F5N7O.C2H6/c1-4-14-49(19-24-10-6-5-7-11-24)20-25-17-22(2)27-28-34(32(40)29(31(27)39)33-30(38(41,42)43)23(3)18-26(44)46-33)47-36(48-35(28)45-25)51-21-37-12-8-15-50(37)16-9-13-37;1-2/h5-7,10-11,18,25H,2,4,8-9,12-17,19-21H2,1,3H3,(H2,44,46)(H,45,47,48);1-2H3/t25-;/m1./s1. The van der Waals surface area contributed by atoms with Gasteiger partial charge in [-0.1, -0.05) is 57.7 Å². The molecule has 0 unspecified atom stereocenters. The van der Waals surface area contributed by atoms with E-state index in [0.717, 1.165) is 63.4 Å². The summed E-state index contributed by atoms with van der Waals surface area (Å²) in [7, 11) is 0. The number of halogens is 5. The van der Waals surface area contributed by atoms with Gasteiger partial charge in [-0.15, -0.1) is 0 Å². The zero-order valence-electron chi connectivity index (χ0n) is 30.8. The molecular weight excluding hydrogens is 689 g/mol. The predicted octanol–water partition coefficient (Wildman–Crippen LogP) is 9.02. The Balaban J connectivity index is 0.00000236. The molecule has 0 aliphatic carbocycles. The van der Waals surface area contributed by atoms with E-state index in [-0.39, 0.29) is 69.9 Å². The van der Waals surface area contributed by atoms with Crippen molar-refractivity contribution in [3.63, 3.8) is 0 Å². The molecule has 1 atom stereocenters. The molecule has 284 valence electrons. The van der Waals surface area contributed by atoms with Crippen molar-refractivity contribution in [1.29, 1.82) is 0 Å². The van der Waals surface area contributed by atoms with Crippen LogP contribution in [0.3, 0.4) is 0 Å². The first kappa shape index (κ1) is 38.4. The van der Waals surface area contributed by atoms with Crippen molar-refractivity contribution in [2.75, 3.05) is 43.8 Å². The van der Waals surface area contributed by atoms with Crippen LogP contribution in [-0.2, 0) is 12.7 Å². The van der Waals surface area contributed by atoms with Crippen LogP contribution in [0, 0.1) is 18.6 Å². The van der Waals surface area contributed by atoms with Gasteiger partial charge in [0.15, 0.2) is 5.82 Å². The minimum absolute atomic E-state index is 0.00518. The Kier molecular flexibility index (Phi) is 11.3. The van der Waals surface area contributed by atoms with Gasteiger partial charge in [-0.3, -0.25) is 9.80 Å². The topological polar surface area (TPSA) is 92.4 Å². The highest BCUT2D eigenvalue weighted by Crippen LogP contribution is 2.47. The second-order valence-electron chi connectivity index (χ2n) is 14.1. The van der Waals surface area contributed by atoms with Crippen LogP contribution in [0.4, 0.5) is 33.6 Å². The summed E-state index contributed by atoms with van der Waals surface area (Å²) in [5.41, 5.74) is 3.05. The van der Waals surface area contributed by atoms with Gasteiger partial charge in [0.05, 0.1) is 27.7 Å². The van der Waals surface area contributed by atoms with Gasteiger partial charge in [-0.2, -0.15) is 23.1 Å². The fraction of sp³-hybridized carbons (Fsp3) is 0.475. The summed E-state index contributed by atoms with van der Waals surface area (Å²) in [5, 5.41) is 3.41. The highest BCUT2D eigenvalue weighted by atomic mass is 19.4. The van der Waals surface area contributed by atoms with E-state index in [4.69, 9.17) is 10.5 Å². The van der Waals surface area contributed by atoms with E-state index in [2.05, 4.69) is 43.6 Å². The third-order valence-corrected chi connectivity index (χ3v) is 10.5. The predicted molar refractivity (Wildman–Crippen MR) is 200 cm³/mol. The van der Waals surface area contributed by atoms with Crippen LogP contribution in [0.5, 0.6) is 6.01 Å².